The van der Waals surface area contributed by atoms with Crippen LogP contribution in [0.2, 0.25) is 5.02 Å². The standard InChI is InChI=1S/C21H20ClN3O4/c22-15-6-7-18-17(10-15)25(21(28)13-29-18)12-19(26)23-11-14-3-1-4-16(9-14)24-8-2-5-20(24)27/h1,3-4,6-7,9-10H,2,5,8,11-13H2,(H,23,26). The molecule has 0 unspecified atom stereocenters. The van der Waals surface area contributed by atoms with Crippen molar-refractivity contribution >= 4 is 40.7 Å². The van der Waals surface area contributed by atoms with E-state index in [0.29, 0.717) is 29.4 Å². The summed E-state index contributed by atoms with van der Waals surface area (Å²) in [6.07, 6.45) is 1.43. The van der Waals surface area contributed by atoms with E-state index in [1.807, 2.05) is 24.3 Å². The molecule has 2 heterocycles. The Morgan fingerprint density at radius 2 is 2.00 bits per heavy atom. The number of carbonyl (C=O) groups excluding carboxylic acids is 3. The summed E-state index contributed by atoms with van der Waals surface area (Å²) in [6, 6.07) is 12.5. The van der Waals surface area contributed by atoms with Crippen LogP contribution in [0.3, 0.4) is 0 Å². The van der Waals surface area contributed by atoms with Crippen LogP contribution >= 0.6 is 11.6 Å². The van der Waals surface area contributed by atoms with E-state index in [9.17, 15) is 14.4 Å². The number of nitrogens with one attached hydrogen (secondary N) is 1. The zero-order valence-corrected chi connectivity index (χ0v) is 16.4. The second-order valence-corrected chi connectivity index (χ2v) is 7.41. The van der Waals surface area contributed by atoms with Crippen LogP contribution in [0, 0.1) is 0 Å². The van der Waals surface area contributed by atoms with Gasteiger partial charge in [-0.25, -0.2) is 0 Å². The van der Waals surface area contributed by atoms with Crippen LogP contribution in [0.25, 0.3) is 0 Å². The Hall–Kier alpha value is -3.06. The van der Waals surface area contributed by atoms with Crippen molar-refractivity contribution in [3.05, 3.63) is 53.1 Å². The maximum atomic E-state index is 12.5. The Balaban J connectivity index is 1.40. The molecule has 7 nitrogen and oxygen atoms in total. The van der Waals surface area contributed by atoms with Gasteiger partial charge in [0.05, 0.1) is 5.69 Å². The molecular formula is C21H20ClN3O4. The van der Waals surface area contributed by atoms with Gasteiger partial charge in [-0.2, -0.15) is 0 Å². The minimum Gasteiger partial charge on any atom is -0.482 e. The molecule has 29 heavy (non-hydrogen) atoms. The summed E-state index contributed by atoms with van der Waals surface area (Å²) < 4.78 is 5.39. The Kier molecular flexibility index (Phi) is 5.40. The molecule has 150 valence electrons. The van der Waals surface area contributed by atoms with Gasteiger partial charge in [-0.3, -0.25) is 19.3 Å². The lowest BCUT2D eigenvalue weighted by Crippen LogP contribution is -2.45. The molecule has 8 heteroatoms. The summed E-state index contributed by atoms with van der Waals surface area (Å²) >= 11 is 6.02. The minimum absolute atomic E-state index is 0.117. The van der Waals surface area contributed by atoms with Crippen molar-refractivity contribution in [2.45, 2.75) is 19.4 Å². The van der Waals surface area contributed by atoms with E-state index in [0.717, 1.165) is 24.2 Å². The zero-order valence-electron chi connectivity index (χ0n) is 15.7. The molecule has 2 aliphatic rings. The van der Waals surface area contributed by atoms with Crippen molar-refractivity contribution < 1.29 is 19.1 Å². The molecular weight excluding hydrogens is 394 g/mol. The molecule has 0 aliphatic carbocycles. The van der Waals surface area contributed by atoms with Gasteiger partial charge in [0, 0.05) is 30.2 Å². The number of hydrogen-bond donors (Lipinski definition) is 1. The molecule has 0 aromatic heterocycles. The highest BCUT2D eigenvalue weighted by molar-refractivity contribution is 6.31. The minimum atomic E-state index is -0.301. The molecule has 3 amide bonds. The van der Waals surface area contributed by atoms with Crippen molar-refractivity contribution in [1.82, 2.24) is 5.32 Å². The largest absolute Gasteiger partial charge is 0.482 e. The first-order chi connectivity index (χ1) is 14.0. The monoisotopic (exact) mass is 413 g/mol. The number of rotatable bonds is 5. The van der Waals surface area contributed by atoms with Crippen molar-refractivity contribution in [3.8, 4) is 5.75 Å². The molecule has 0 bridgehead atoms. The average Bonchev–Trinajstić information content (AvgIpc) is 3.15. The third-order valence-electron chi connectivity index (χ3n) is 4.95. The Bertz CT molecular complexity index is 978. The summed E-state index contributed by atoms with van der Waals surface area (Å²) in [7, 11) is 0. The Morgan fingerprint density at radius 3 is 2.79 bits per heavy atom. The molecule has 2 aromatic rings. The van der Waals surface area contributed by atoms with E-state index in [-0.39, 0.29) is 30.9 Å². The number of ether oxygens (including phenoxy) is 1. The van der Waals surface area contributed by atoms with Crippen LogP contribution in [0.15, 0.2) is 42.5 Å². The first-order valence-corrected chi connectivity index (χ1v) is 9.78. The smallest absolute Gasteiger partial charge is 0.265 e. The van der Waals surface area contributed by atoms with Gasteiger partial charge in [-0.05, 0) is 42.3 Å². The van der Waals surface area contributed by atoms with E-state index in [1.165, 1.54) is 4.90 Å². The van der Waals surface area contributed by atoms with Gasteiger partial charge in [-0.1, -0.05) is 23.7 Å². The number of nitrogens with zero attached hydrogens (tertiary/aromatic N) is 2. The van der Waals surface area contributed by atoms with Gasteiger partial charge in [0.25, 0.3) is 5.91 Å². The molecule has 1 fully saturated rings. The van der Waals surface area contributed by atoms with Crippen LogP contribution in [0.4, 0.5) is 11.4 Å². The van der Waals surface area contributed by atoms with Crippen LogP contribution < -0.4 is 19.9 Å². The molecule has 2 aliphatic heterocycles. The first kappa shape index (κ1) is 19.3. The Labute approximate surface area is 173 Å². The number of hydrogen-bond acceptors (Lipinski definition) is 4. The van der Waals surface area contributed by atoms with Crippen molar-refractivity contribution in [3.63, 3.8) is 0 Å². The molecule has 0 radical (unpaired) electrons. The number of benzene rings is 2. The van der Waals surface area contributed by atoms with Gasteiger partial charge in [0.15, 0.2) is 6.61 Å². The third-order valence-corrected chi connectivity index (χ3v) is 5.19. The fraction of sp³-hybridized carbons (Fsp3) is 0.286. The van der Waals surface area contributed by atoms with Crippen LogP contribution in [0.5, 0.6) is 5.75 Å². The lowest BCUT2D eigenvalue weighted by atomic mass is 10.2. The van der Waals surface area contributed by atoms with Crippen LogP contribution in [-0.4, -0.2) is 37.4 Å². The van der Waals surface area contributed by atoms with Crippen molar-refractivity contribution in [2.75, 3.05) is 29.5 Å². The highest BCUT2D eigenvalue weighted by atomic mass is 35.5. The maximum Gasteiger partial charge on any atom is 0.265 e. The van der Waals surface area contributed by atoms with Gasteiger partial charge in [0.2, 0.25) is 11.8 Å². The third kappa shape index (κ3) is 4.19. The molecule has 0 saturated carbocycles. The number of anilines is 2. The number of carbonyl (C=O) groups is 3. The summed E-state index contributed by atoms with van der Waals surface area (Å²) in [6.45, 7) is 0.777. The predicted octanol–water partition coefficient (Wildman–Crippen LogP) is 2.51. The van der Waals surface area contributed by atoms with E-state index < -0.39 is 0 Å². The number of halogens is 1. The van der Waals surface area contributed by atoms with E-state index >= 15 is 0 Å². The molecule has 1 N–H and O–H groups in total. The van der Waals surface area contributed by atoms with Gasteiger partial charge in [-0.15, -0.1) is 0 Å². The first-order valence-electron chi connectivity index (χ1n) is 9.40. The number of fused-ring (bicyclic) bond motifs is 1. The van der Waals surface area contributed by atoms with Crippen LogP contribution in [-0.2, 0) is 20.9 Å². The molecule has 2 aromatic carbocycles. The lowest BCUT2D eigenvalue weighted by molar-refractivity contribution is -0.125. The van der Waals surface area contributed by atoms with Gasteiger partial charge in [0.1, 0.15) is 12.3 Å². The quantitative estimate of drug-likeness (QED) is 0.816. The second-order valence-electron chi connectivity index (χ2n) is 6.98. The van der Waals surface area contributed by atoms with Crippen LogP contribution in [0.1, 0.15) is 18.4 Å². The summed E-state index contributed by atoms with van der Waals surface area (Å²) in [5, 5.41) is 3.29. The van der Waals surface area contributed by atoms with E-state index in [1.54, 1.807) is 23.1 Å². The van der Waals surface area contributed by atoms with E-state index in [4.69, 9.17) is 16.3 Å². The Morgan fingerprint density at radius 1 is 1.14 bits per heavy atom. The van der Waals surface area contributed by atoms with E-state index in [2.05, 4.69) is 5.32 Å². The predicted molar refractivity (Wildman–Crippen MR) is 109 cm³/mol. The SMILES string of the molecule is O=C(CN1C(=O)COc2ccc(Cl)cc21)NCc1cccc(N2CCCC2=O)c1. The fourth-order valence-corrected chi connectivity index (χ4v) is 3.67. The highest BCUT2D eigenvalue weighted by Gasteiger charge is 2.27. The number of amides is 3. The second kappa shape index (κ2) is 8.13. The molecule has 4 rings (SSSR count). The average molecular weight is 414 g/mol. The fourth-order valence-electron chi connectivity index (χ4n) is 3.50. The van der Waals surface area contributed by atoms with Gasteiger partial charge >= 0.3 is 0 Å². The maximum absolute atomic E-state index is 12.5. The normalized spacial score (nSPS) is 15.9. The molecule has 1 saturated heterocycles. The molecule has 0 spiro atoms. The van der Waals surface area contributed by atoms with Crippen molar-refractivity contribution in [1.29, 1.82) is 0 Å². The highest BCUT2D eigenvalue weighted by Crippen LogP contribution is 2.34. The summed E-state index contributed by atoms with van der Waals surface area (Å²) in [5.41, 5.74) is 2.21. The molecule has 0 atom stereocenters. The topological polar surface area (TPSA) is 79.0 Å². The summed E-state index contributed by atoms with van der Waals surface area (Å²) in [4.78, 5) is 39.8. The summed E-state index contributed by atoms with van der Waals surface area (Å²) in [5.74, 6) is 0.0393. The zero-order chi connectivity index (χ0) is 20.4. The lowest BCUT2D eigenvalue weighted by Gasteiger charge is -2.29. The van der Waals surface area contributed by atoms with Crippen molar-refractivity contribution in [2.24, 2.45) is 0 Å². The van der Waals surface area contributed by atoms with Gasteiger partial charge < -0.3 is 15.0 Å².